The van der Waals surface area contributed by atoms with Gasteiger partial charge in [0.15, 0.2) is 0 Å². The topological polar surface area (TPSA) is 68.3 Å². The van der Waals surface area contributed by atoms with Crippen LogP contribution in [0.25, 0.3) is 10.8 Å². The molecule has 0 radical (unpaired) electrons. The van der Waals surface area contributed by atoms with E-state index in [0.717, 1.165) is 21.9 Å². The zero-order valence-corrected chi connectivity index (χ0v) is 15.5. The fraction of sp³-hybridized carbons (Fsp3) is 0.0870. The Morgan fingerprint density at radius 1 is 1.18 bits per heavy atom. The highest BCUT2D eigenvalue weighted by Gasteiger charge is 2.32. The Labute approximate surface area is 167 Å². The van der Waals surface area contributed by atoms with Gasteiger partial charge in [-0.2, -0.15) is 5.26 Å². The fourth-order valence-corrected chi connectivity index (χ4v) is 3.71. The maximum absolute atomic E-state index is 9.72. The van der Waals surface area contributed by atoms with Gasteiger partial charge in [-0.25, -0.2) is 0 Å². The third-order valence-electron chi connectivity index (χ3n) is 4.71. The van der Waals surface area contributed by atoms with Crippen molar-refractivity contribution in [2.24, 2.45) is 5.73 Å². The Morgan fingerprint density at radius 2 is 2.00 bits per heavy atom. The van der Waals surface area contributed by atoms with Crippen molar-refractivity contribution in [3.05, 3.63) is 82.2 Å². The fourth-order valence-electron chi connectivity index (χ4n) is 3.46. The lowest BCUT2D eigenvalue weighted by Crippen LogP contribution is -2.21. The number of terminal acetylenes is 1. The Balaban J connectivity index is 1.89. The minimum absolute atomic E-state index is 0.0973. The van der Waals surface area contributed by atoms with E-state index >= 15 is 0 Å². The van der Waals surface area contributed by atoms with Crippen molar-refractivity contribution in [1.82, 2.24) is 0 Å². The number of allylic oxidation sites excluding steroid dienone is 1. The van der Waals surface area contributed by atoms with Gasteiger partial charge in [-0.15, -0.1) is 6.42 Å². The van der Waals surface area contributed by atoms with E-state index in [4.69, 9.17) is 33.2 Å². The summed E-state index contributed by atoms with van der Waals surface area (Å²) in [4.78, 5) is 0. The second-order valence-electron chi connectivity index (χ2n) is 6.31. The number of benzene rings is 3. The summed E-state index contributed by atoms with van der Waals surface area (Å²) < 4.78 is 11.3. The van der Waals surface area contributed by atoms with E-state index in [1.54, 1.807) is 12.1 Å². The van der Waals surface area contributed by atoms with Crippen molar-refractivity contribution in [3.8, 4) is 29.9 Å². The number of halogens is 1. The van der Waals surface area contributed by atoms with E-state index in [2.05, 4.69) is 12.0 Å². The molecule has 1 aliphatic heterocycles. The summed E-state index contributed by atoms with van der Waals surface area (Å²) in [5.41, 5.74) is 8.13. The Morgan fingerprint density at radius 3 is 2.75 bits per heavy atom. The molecular formula is C23H15ClN2O2. The lowest BCUT2D eigenvalue weighted by molar-refractivity contribution is 0.370. The largest absolute Gasteiger partial charge is 0.479 e. The third-order valence-corrected chi connectivity index (χ3v) is 5.00. The molecule has 0 unspecified atom stereocenters. The number of nitriles is 1. The lowest BCUT2D eigenvalue weighted by Gasteiger charge is -2.27. The third kappa shape index (κ3) is 2.91. The van der Waals surface area contributed by atoms with Gasteiger partial charge in [0.1, 0.15) is 29.7 Å². The summed E-state index contributed by atoms with van der Waals surface area (Å²) in [6.45, 7) is 0.126. The van der Waals surface area contributed by atoms with Crippen molar-refractivity contribution in [1.29, 1.82) is 5.26 Å². The summed E-state index contributed by atoms with van der Waals surface area (Å²) in [7, 11) is 0. The summed E-state index contributed by atoms with van der Waals surface area (Å²) in [5.74, 6) is 3.26. The number of fused-ring (bicyclic) bond motifs is 3. The van der Waals surface area contributed by atoms with E-state index in [9.17, 15) is 5.26 Å². The Kier molecular flexibility index (Phi) is 4.57. The molecular weight excluding hydrogens is 372 g/mol. The molecule has 1 aliphatic rings. The normalized spacial score (nSPS) is 15.3. The van der Waals surface area contributed by atoms with Crippen LogP contribution in [-0.4, -0.2) is 6.61 Å². The number of rotatable bonds is 3. The van der Waals surface area contributed by atoms with Crippen molar-refractivity contribution in [2.75, 3.05) is 6.61 Å². The van der Waals surface area contributed by atoms with E-state index in [1.165, 1.54) is 0 Å². The predicted octanol–water partition coefficient (Wildman–Crippen LogP) is 4.72. The smallest absolute Gasteiger partial charge is 0.205 e. The molecule has 136 valence electrons. The van der Waals surface area contributed by atoms with Crippen molar-refractivity contribution < 1.29 is 9.47 Å². The maximum Gasteiger partial charge on any atom is 0.205 e. The summed E-state index contributed by atoms with van der Waals surface area (Å²) in [5, 5.41) is 12.1. The molecule has 4 rings (SSSR count). The van der Waals surface area contributed by atoms with Crippen LogP contribution in [0.4, 0.5) is 0 Å². The quantitative estimate of drug-likeness (QED) is 0.661. The number of nitrogens with two attached hydrogens (primary N) is 1. The molecule has 1 atom stereocenters. The maximum atomic E-state index is 9.72. The molecule has 0 saturated heterocycles. The molecule has 0 amide bonds. The van der Waals surface area contributed by atoms with Crippen LogP contribution in [0.2, 0.25) is 5.02 Å². The van der Waals surface area contributed by atoms with Crippen LogP contribution in [0.15, 0.2) is 66.1 Å². The molecule has 1 heterocycles. The highest BCUT2D eigenvalue weighted by molar-refractivity contribution is 6.32. The van der Waals surface area contributed by atoms with Gasteiger partial charge in [0.25, 0.3) is 0 Å². The van der Waals surface area contributed by atoms with Crippen LogP contribution in [0, 0.1) is 23.7 Å². The second-order valence-corrected chi connectivity index (χ2v) is 6.72. The van der Waals surface area contributed by atoms with Gasteiger partial charge < -0.3 is 15.2 Å². The van der Waals surface area contributed by atoms with Gasteiger partial charge in [-0.05, 0) is 23.1 Å². The lowest BCUT2D eigenvalue weighted by atomic mass is 9.82. The summed E-state index contributed by atoms with van der Waals surface area (Å²) >= 11 is 6.38. The predicted molar refractivity (Wildman–Crippen MR) is 109 cm³/mol. The zero-order valence-electron chi connectivity index (χ0n) is 14.8. The number of hydrogen-bond donors (Lipinski definition) is 1. The SMILES string of the molecule is C#CCOc1ccc([C@@H]2C(C#N)=C(N)Oc3c2ccc2ccccc32)cc1Cl. The molecule has 0 fully saturated rings. The first-order valence-electron chi connectivity index (χ1n) is 8.59. The molecule has 28 heavy (non-hydrogen) atoms. The van der Waals surface area contributed by atoms with Gasteiger partial charge >= 0.3 is 0 Å². The van der Waals surface area contributed by atoms with E-state index in [1.807, 2.05) is 42.5 Å². The minimum Gasteiger partial charge on any atom is -0.479 e. The summed E-state index contributed by atoms with van der Waals surface area (Å²) in [6.07, 6.45) is 5.24. The second kappa shape index (κ2) is 7.19. The number of ether oxygens (including phenoxy) is 2. The number of hydrogen-bond acceptors (Lipinski definition) is 4. The molecule has 3 aromatic carbocycles. The van der Waals surface area contributed by atoms with Crippen LogP contribution in [0.5, 0.6) is 11.5 Å². The molecule has 2 N–H and O–H groups in total. The van der Waals surface area contributed by atoms with E-state index < -0.39 is 5.92 Å². The van der Waals surface area contributed by atoms with Gasteiger partial charge in [0.2, 0.25) is 5.88 Å². The molecule has 0 aliphatic carbocycles. The standard InChI is InChI=1S/C23H15ClN2O2/c1-2-11-27-20-10-8-15(12-19(20)24)21-17-9-7-14-5-3-4-6-16(14)22(17)28-23(26)18(21)13-25/h1,3-10,12,21H,11,26H2/t21-/m0/s1. The van der Waals surface area contributed by atoms with Crippen molar-refractivity contribution >= 4 is 22.4 Å². The number of nitrogens with zero attached hydrogens (tertiary/aromatic N) is 1. The monoisotopic (exact) mass is 386 g/mol. The summed E-state index contributed by atoms with van der Waals surface area (Å²) in [6, 6.07) is 19.4. The van der Waals surface area contributed by atoms with Crippen LogP contribution in [0.3, 0.4) is 0 Å². The zero-order chi connectivity index (χ0) is 19.7. The molecule has 0 bridgehead atoms. The molecule has 0 spiro atoms. The highest BCUT2D eigenvalue weighted by Crippen LogP contribution is 2.46. The van der Waals surface area contributed by atoms with Crippen LogP contribution < -0.4 is 15.2 Å². The average molecular weight is 387 g/mol. The van der Waals surface area contributed by atoms with E-state index in [0.29, 0.717) is 22.1 Å². The average Bonchev–Trinajstić information content (AvgIpc) is 2.71. The van der Waals surface area contributed by atoms with Gasteiger partial charge in [-0.3, -0.25) is 0 Å². The van der Waals surface area contributed by atoms with Crippen LogP contribution in [0.1, 0.15) is 17.0 Å². The van der Waals surface area contributed by atoms with E-state index in [-0.39, 0.29) is 12.5 Å². The minimum atomic E-state index is -0.391. The van der Waals surface area contributed by atoms with Gasteiger partial charge in [-0.1, -0.05) is 60.0 Å². The Hall–Kier alpha value is -3.60. The first-order chi connectivity index (χ1) is 13.6. The van der Waals surface area contributed by atoms with Gasteiger partial charge in [0, 0.05) is 10.9 Å². The molecule has 4 nitrogen and oxygen atoms in total. The van der Waals surface area contributed by atoms with Crippen molar-refractivity contribution in [3.63, 3.8) is 0 Å². The molecule has 0 saturated carbocycles. The van der Waals surface area contributed by atoms with Crippen LogP contribution >= 0.6 is 11.6 Å². The molecule has 0 aromatic heterocycles. The molecule has 5 heteroatoms. The first kappa shape index (κ1) is 17.8. The first-order valence-corrected chi connectivity index (χ1v) is 8.96. The van der Waals surface area contributed by atoms with Gasteiger partial charge in [0.05, 0.1) is 10.9 Å². The molecule has 3 aromatic rings. The van der Waals surface area contributed by atoms with Crippen molar-refractivity contribution in [2.45, 2.75) is 5.92 Å². The van der Waals surface area contributed by atoms with Crippen LogP contribution in [-0.2, 0) is 0 Å². The Bertz CT molecular complexity index is 1200. The highest BCUT2D eigenvalue weighted by atomic mass is 35.5.